The van der Waals surface area contributed by atoms with Gasteiger partial charge < -0.3 is 10.1 Å². The van der Waals surface area contributed by atoms with E-state index in [2.05, 4.69) is 19.2 Å². The maximum absolute atomic E-state index is 12.9. The summed E-state index contributed by atoms with van der Waals surface area (Å²) < 4.78 is 5.75. The third-order valence-electron chi connectivity index (χ3n) is 4.22. The zero-order chi connectivity index (χ0) is 19.1. The van der Waals surface area contributed by atoms with Crippen LogP contribution >= 0.6 is 0 Å². The third kappa shape index (κ3) is 5.20. The molecule has 0 aromatic heterocycles. The Hall–Kier alpha value is -3.07. The Bertz CT molecular complexity index is 820. The zero-order valence-corrected chi connectivity index (χ0v) is 15.8. The average molecular weight is 359 g/mol. The van der Waals surface area contributed by atoms with Crippen LogP contribution in [0.3, 0.4) is 0 Å². The summed E-state index contributed by atoms with van der Waals surface area (Å²) in [6, 6.07) is 27.1. The molecule has 27 heavy (non-hydrogen) atoms. The van der Waals surface area contributed by atoms with Gasteiger partial charge in [-0.25, -0.2) is 0 Å². The van der Waals surface area contributed by atoms with Crippen LogP contribution in [0.4, 0.5) is 0 Å². The number of rotatable bonds is 7. The molecule has 1 N–H and O–H groups in total. The van der Waals surface area contributed by atoms with Gasteiger partial charge in [-0.05, 0) is 35.2 Å². The van der Waals surface area contributed by atoms with Gasteiger partial charge >= 0.3 is 0 Å². The maximum atomic E-state index is 12.9. The van der Waals surface area contributed by atoms with Crippen LogP contribution in [0.1, 0.15) is 41.4 Å². The SMILES string of the molecule is CC(C)COc1cccc(C(=O)NC(c2ccccc2)c2ccccc2)c1. The molecule has 0 fully saturated rings. The Morgan fingerprint density at radius 3 is 2.00 bits per heavy atom. The van der Waals surface area contributed by atoms with E-state index in [0.717, 1.165) is 11.1 Å². The minimum atomic E-state index is -0.208. The van der Waals surface area contributed by atoms with Crippen molar-refractivity contribution in [1.82, 2.24) is 5.32 Å². The number of carbonyl (C=O) groups is 1. The molecule has 0 atom stereocenters. The minimum Gasteiger partial charge on any atom is -0.493 e. The van der Waals surface area contributed by atoms with Crippen molar-refractivity contribution in [3.05, 3.63) is 102 Å². The number of hydrogen-bond donors (Lipinski definition) is 1. The fraction of sp³-hybridized carbons (Fsp3) is 0.208. The van der Waals surface area contributed by atoms with E-state index in [4.69, 9.17) is 4.74 Å². The lowest BCUT2D eigenvalue weighted by atomic mass is 9.98. The smallest absolute Gasteiger partial charge is 0.252 e. The van der Waals surface area contributed by atoms with E-state index in [1.807, 2.05) is 78.9 Å². The summed E-state index contributed by atoms with van der Waals surface area (Å²) in [5.74, 6) is 1.03. The summed E-state index contributed by atoms with van der Waals surface area (Å²) in [4.78, 5) is 12.9. The molecule has 3 aromatic rings. The van der Waals surface area contributed by atoms with E-state index in [9.17, 15) is 4.79 Å². The Labute approximate surface area is 161 Å². The van der Waals surface area contributed by atoms with Crippen molar-refractivity contribution in [2.75, 3.05) is 6.61 Å². The quantitative estimate of drug-likeness (QED) is 0.626. The lowest BCUT2D eigenvalue weighted by molar-refractivity contribution is 0.0942. The van der Waals surface area contributed by atoms with Crippen molar-refractivity contribution in [3.8, 4) is 5.75 Å². The highest BCUT2D eigenvalue weighted by Gasteiger charge is 2.18. The second-order valence-corrected chi connectivity index (χ2v) is 6.96. The summed E-state index contributed by atoms with van der Waals surface area (Å²) in [7, 11) is 0. The Kier molecular flexibility index (Phi) is 6.26. The summed E-state index contributed by atoms with van der Waals surface area (Å²) >= 11 is 0. The molecule has 1 amide bonds. The van der Waals surface area contributed by atoms with Gasteiger partial charge in [-0.3, -0.25) is 4.79 Å². The van der Waals surface area contributed by atoms with Crippen LogP contribution in [0.5, 0.6) is 5.75 Å². The number of amides is 1. The van der Waals surface area contributed by atoms with Crippen LogP contribution in [-0.4, -0.2) is 12.5 Å². The van der Waals surface area contributed by atoms with Gasteiger partial charge in [0.05, 0.1) is 12.6 Å². The fourth-order valence-electron chi connectivity index (χ4n) is 2.85. The fourth-order valence-corrected chi connectivity index (χ4v) is 2.85. The first-order valence-corrected chi connectivity index (χ1v) is 9.27. The first-order valence-electron chi connectivity index (χ1n) is 9.27. The molecule has 0 radical (unpaired) electrons. The molecule has 0 heterocycles. The molecule has 3 rings (SSSR count). The van der Waals surface area contributed by atoms with Crippen molar-refractivity contribution in [2.45, 2.75) is 19.9 Å². The molecule has 3 heteroatoms. The van der Waals surface area contributed by atoms with Crippen LogP contribution in [0, 0.1) is 5.92 Å². The van der Waals surface area contributed by atoms with Gasteiger partial charge in [-0.15, -0.1) is 0 Å². The molecule has 0 aliphatic rings. The zero-order valence-electron chi connectivity index (χ0n) is 15.8. The van der Waals surface area contributed by atoms with Crippen LogP contribution in [0.2, 0.25) is 0 Å². The molecule has 0 saturated carbocycles. The topological polar surface area (TPSA) is 38.3 Å². The molecular weight excluding hydrogens is 334 g/mol. The number of nitrogens with one attached hydrogen (secondary N) is 1. The van der Waals surface area contributed by atoms with E-state index in [1.165, 1.54) is 0 Å². The van der Waals surface area contributed by atoms with Gasteiger partial charge in [-0.1, -0.05) is 80.6 Å². The van der Waals surface area contributed by atoms with Crippen LogP contribution in [0.15, 0.2) is 84.9 Å². The normalized spacial score (nSPS) is 10.8. The van der Waals surface area contributed by atoms with Gasteiger partial charge in [0, 0.05) is 5.56 Å². The van der Waals surface area contributed by atoms with Gasteiger partial charge in [0.1, 0.15) is 5.75 Å². The van der Waals surface area contributed by atoms with Gasteiger partial charge in [0.15, 0.2) is 0 Å². The molecule has 0 spiro atoms. The van der Waals surface area contributed by atoms with Crippen LogP contribution < -0.4 is 10.1 Å². The molecule has 138 valence electrons. The third-order valence-corrected chi connectivity index (χ3v) is 4.22. The van der Waals surface area contributed by atoms with Crippen molar-refractivity contribution in [2.24, 2.45) is 5.92 Å². The standard InChI is InChI=1S/C24H25NO2/c1-18(2)17-27-22-15-9-14-21(16-22)24(26)25-23(19-10-5-3-6-11-19)20-12-7-4-8-13-20/h3-16,18,23H,17H2,1-2H3,(H,25,26). The van der Waals surface area contributed by atoms with Crippen molar-refractivity contribution in [3.63, 3.8) is 0 Å². The van der Waals surface area contributed by atoms with Crippen LogP contribution in [-0.2, 0) is 0 Å². The highest BCUT2D eigenvalue weighted by molar-refractivity contribution is 5.95. The first kappa shape index (κ1) is 18.7. The monoisotopic (exact) mass is 359 g/mol. The van der Waals surface area contributed by atoms with E-state index >= 15 is 0 Å². The molecule has 0 unspecified atom stereocenters. The lowest BCUT2D eigenvalue weighted by Crippen LogP contribution is -2.29. The number of ether oxygens (including phenoxy) is 1. The Morgan fingerprint density at radius 2 is 1.44 bits per heavy atom. The highest BCUT2D eigenvalue weighted by Crippen LogP contribution is 2.23. The Morgan fingerprint density at radius 1 is 0.852 bits per heavy atom. The molecule has 3 aromatic carbocycles. The van der Waals surface area contributed by atoms with E-state index in [-0.39, 0.29) is 11.9 Å². The Balaban J connectivity index is 1.82. The molecule has 3 nitrogen and oxygen atoms in total. The van der Waals surface area contributed by atoms with Gasteiger partial charge in [0.25, 0.3) is 5.91 Å². The van der Waals surface area contributed by atoms with Crippen molar-refractivity contribution < 1.29 is 9.53 Å². The maximum Gasteiger partial charge on any atom is 0.252 e. The second-order valence-electron chi connectivity index (χ2n) is 6.96. The first-order chi connectivity index (χ1) is 13.1. The molecule has 0 aliphatic carbocycles. The summed E-state index contributed by atoms with van der Waals surface area (Å²) in [5, 5.41) is 3.16. The lowest BCUT2D eigenvalue weighted by Gasteiger charge is -2.20. The van der Waals surface area contributed by atoms with E-state index in [1.54, 1.807) is 6.07 Å². The number of carbonyl (C=O) groups excluding carboxylic acids is 1. The number of benzene rings is 3. The molecular formula is C24H25NO2. The average Bonchev–Trinajstić information content (AvgIpc) is 2.72. The van der Waals surface area contributed by atoms with E-state index in [0.29, 0.717) is 23.8 Å². The van der Waals surface area contributed by atoms with Crippen LogP contribution in [0.25, 0.3) is 0 Å². The van der Waals surface area contributed by atoms with Gasteiger partial charge in [-0.2, -0.15) is 0 Å². The summed E-state index contributed by atoms with van der Waals surface area (Å²) in [5.41, 5.74) is 2.68. The largest absolute Gasteiger partial charge is 0.493 e. The highest BCUT2D eigenvalue weighted by atomic mass is 16.5. The number of hydrogen-bond acceptors (Lipinski definition) is 2. The second kappa shape index (κ2) is 9.04. The van der Waals surface area contributed by atoms with Crippen molar-refractivity contribution >= 4 is 5.91 Å². The van der Waals surface area contributed by atoms with Crippen molar-refractivity contribution in [1.29, 1.82) is 0 Å². The summed E-state index contributed by atoms with van der Waals surface area (Å²) in [6.45, 7) is 4.82. The minimum absolute atomic E-state index is 0.122. The molecule has 0 aliphatic heterocycles. The van der Waals surface area contributed by atoms with E-state index < -0.39 is 0 Å². The predicted octanol–water partition coefficient (Wildman–Crippen LogP) is 5.24. The molecule has 0 bridgehead atoms. The summed E-state index contributed by atoms with van der Waals surface area (Å²) in [6.07, 6.45) is 0. The van der Waals surface area contributed by atoms with Gasteiger partial charge in [0.2, 0.25) is 0 Å². The molecule has 0 saturated heterocycles. The predicted molar refractivity (Wildman–Crippen MR) is 109 cm³/mol.